The minimum absolute atomic E-state index is 0.161. The number of methoxy groups -OCH3 is 2. The molecule has 0 aliphatic heterocycles. The Hall–Kier alpha value is -3.35. The summed E-state index contributed by atoms with van der Waals surface area (Å²) in [6.07, 6.45) is 0.550. The van der Waals surface area contributed by atoms with Gasteiger partial charge in [-0.1, -0.05) is 29.4 Å². The molecule has 3 aromatic rings. The second-order valence-electron chi connectivity index (χ2n) is 5.46. The molecule has 7 nitrogen and oxygen atoms in total. The molecule has 0 unspecified atom stereocenters. The van der Waals surface area contributed by atoms with Gasteiger partial charge in [0.1, 0.15) is 11.5 Å². The van der Waals surface area contributed by atoms with Gasteiger partial charge in [-0.2, -0.15) is 4.98 Å². The van der Waals surface area contributed by atoms with Crippen LogP contribution in [-0.2, 0) is 11.2 Å². The van der Waals surface area contributed by atoms with Gasteiger partial charge in [0, 0.05) is 12.8 Å². The largest absolute Gasteiger partial charge is 0.496 e. The van der Waals surface area contributed by atoms with Crippen molar-refractivity contribution in [2.24, 2.45) is 0 Å². The Labute approximate surface area is 150 Å². The van der Waals surface area contributed by atoms with Gasteiger partial charge in [0.15, 0.2) is 0 Å². The molecule has 0 saturated carbocycles. The molecule has 0 spiro atoms. The SMILES string of the molecule is COc1ccccc1NC(=O)CCc1nc(-c2ccccc2OC)no1. The van der Waals surface area contributed by atoms with E-state index in [4.69, 9.17) is 14.0 Å². The Morgan fingerprint density at radius 2 is 1.73 bits per heavy atom. The molecule has 0 atom stereocenters. The van der Waals surface area contributed by atoms with Gasteiger partial charge in [-0.25, -0.2) is 0 Å². The van der Waals surface area contributed by atoms with Crippen molar-refractivity contribution in [3.63, 3.8) is 0 Å². The number of benzene rings is 2. The van der Waals surface area contributed by atoms with Crippen LogP contribution in [-0.4, -0.2) is 30.3 Å². The molecule has 3 rings (SSSR count). The van der Waals surface area contributed by atoms with Crippen LogP contribution in [0.15, 0.2) is 53.1 Å². The smallest absolute Gasteiger partial charge is 0.227 e. The van der Waals surface area contributed by atoms with Crippen molar-refractivity contribution in [2.45, 2.75) is 12.8 Å². The molecule has 0 radical (unpaired) electrons. The van der Waals surface area contributed by atoms with Crippen molar-refractivity contribution in [3.8, 4) is 22.9 Å². The molecule has 2 aromatic carbocycles. The summed E-state index contributed by atoms with van der Waals surface area (Å²) >= 11 is 0. The molecule has 1 N–H and O–H groups in total. The van der Waals surface area contributed by atoms with Crippen LogP contribution in [0.2, 0.25) is 0 Å². The second kappa shape index (κ2) is 8.15. The van der Waals surface area contributed by atoms with Gasteiger partial charge in [0.05, 0.1) is 25.5 Å². The first-order valence-corrected chi connectivity index (χ1v) is 8.10. The maximum atomic E-state index is 12.2. The van der Waals surface area contributed by atoms with E-state index in [2.05, 4.69) is 15.5 Å². The average molecular weight is 353 g/mol. The minimum Gasteiger partial charge on any atom is -0.496 e. The summed E-state index contributed by atoms with van der Waals surface area (Å²) in [4.78, 5) is 16.5. The number of hydrogen-bond donors (Lipinski definition) is 1. The zero-order valence-electron chi connectivity index (χ0n) is 14.6. The molecular weight excluding hydrogens is 334 g/mol. The summed E-state index contributed by atoms with van der Waals surface area (Å²) in [6.45, 7) is 0. The van der Waals surface area contributed by atoms with Crippen LogP contribution in [0.3, 0.4) is 0 Å². The maximum absolute atomic E-state index is 12.2. The van der Waals surface area contributed by atoms with Gasteiger partial charge in [-0.15, -0.1) is 0 Å². The second-order valence-corrected chi connectivity index (χ2v) is 5.46. The van der Waals surface area contributed by atoms with Crippen molar-refractivity contribution < 1.29 is 18.8 Å². The van der Waals surface area contributed by atoms with Crippen molar-refractivity contribution in [1.29, 1.82) is 0 Å². The van der Waals surface area contributed by atoms with Crippen LogP contribution in [0.5, 0.6) is 11.5 Å². The van der Waals surface area contributed by atoms with E-state index in [0.29, 0.717) is 35.3 Å². The third-order valence-electron chi connectivity index (χ3n) is 3.76. The lowest BCUT2D eigenvalue weighted by atomic mass is 10.2. The predicted molar refractivity (Wildman–Crippen MR) is 96.2 cm³/mol. The van der Waals surface area contributed by atoms with E-state index in [1.165, 1.54) is 0 Å². The third-order valence-corrected chi connectivity index (χ3v) is 3.76. The summed E-state index contributed by atoms with van der Waals surface area (Å²) in [6, 6.07) is 14.6. The number of hydrogen-bond acceptors (Lipinski definition) is 6. The van der Waals surface area contributed by atoms with Crippen LogP contribution >= 0.6 is 0 Å². The van der Waals surface area contributed by atoms with Gasteiger partial charge in [-0.05, 0) is 24.3 Å². The lowest BCUT2D eigenvalue weighted by Crippen LogP contribution is -2.13. The molecule has 1 aromatic heterocycles. The number of nitrogens with one attached hydrogen (secondary N) is 1. The molecule has 1 heterocycles. The number of aryl methyl sites for hydroxylation is 1. The molecule has 0 bridgehead atoms. The molecule has 7 heteroatoms. The van der Waals surface area contributed by atoms with Crippen molar-refractivity contribution in [3.05, 3.63) is 54.4 Å². The molecule has 0 aliphatic rings. The van der Waals surface area contributed by atoms with Crippen LogP contribution in [0.1, 0.15) is 12.3 Å². The molecule has 1 amide bonds. The first-order chi connectivity index (χ1) is 12.7. The molecule has 0 fully saturated rings. The van der Waals surface area contributed by atoms with E-state index in [1.54, 1.807) is 26.4 Å². The number of carbonyl (C=O) groups is 1. The van der Waals surface area contributed by atoms with Gasteiger partial charge >= 0.3 is 0 Å². The van der Waals surface area contributed by atoms with Crippen LogP contribution < -0.4 is 14.8 Å². The van der Waals surface area contributed by atoms with Gasteiger partial charge < -0.3 is 19.3 Å². The summed E-state index contributed by atoms with van der Waals surface area (Å²) < 4.78 is 15.8. The Balaban J connectivity index is 1.62. The van der Waals surface area contributed by atoms with Crippen LogP contribution in [0, 0.1) is 0 Å². The summed E-state index contributed by atoms with van der Waals surface area (Å²) in [7, 11) is 3.14. The number of aromatic nitrogens is 2. The summed E-state index contributed by atoms with van der Waals surface area (Å²) in [5.74, 6) is 1.93. The van der Waals surface area contributed by atoms with Gasteiger partial charge in [0.2, 0.25) is 17.6 Å². The number of ether oxygens (including phenoxy) is 2. The fourth-order valence-electron chi connectivity index (χ4n) is 2.48. The molecule has 134 valence electrons. The normalized spacial score (nSPS) is 10.4. The Morgan fingerprint density at radius 1 is 1.04 bits per heavy atom. The highest BCUT2D eigenvalue weighted by molar-refractivity contribution is 5.92. The van der Waals surface area contributed by atoms with E-state index in [0.717, 1.165) is 5.56 Å². The maximum Gasteiger partial charge on any atom is 0.227 e. The molecular formula is C19H19N3O4. The zero-order chi connectivity index (χ0) is 18.4. The van der Waals surface area contributed by atoms with Gasteiger partial charge in [0.25, 0.3) is 0 Å². The number of carbonyl (C=O) groups excluding carboxylic acids is 1. The highest BCUT2D eigenvalue weighted by Gasteiger charge is 2.14. The Morgan fingerprint density at radius 3 is 2.50 bits per heavy atom. The standard InChI is InChI=1S/C19H19N3O4/c1-24-15-9-5-3-7-13(15)19-21-18(26-22-19)12-11-17(23)20-14-8-4-6-10-16(14)25-2/h3-10H,11-12H2,1-2H3,(H,20,23). The zero-order valence-corrected chi connectivity index (χ0v) is 14.6. The van der Waals surface area contributed by atoms with E-state index in [9.17, 15) is 4.79 Å². The molecule has 0 aliphatic carbocycles. The summed E-state index contributed by atoms with van der Waals surface area (Å²) in [5.41, 5.74) is 1.36. The Bertz CT molecular complexity index is 892. The predicted octanol–water partition coefficient (Wildman–Crippen LogP) is 3.33. The van der Waals surface area contributed by atoms with E-state index in [-0.39, 0.29) is 12.3 Å². The van der Waals surface area contributed by atoms with Crippen molar-refractivity contribution >= 4 is 11.6 Å². The minimum atomic E-state index is -0.161. The monoisotopic (exact) mass is 353 g/mol. The quantitative estimate of drug-likeness (QED) is 0.701. The first-order valence-electron chi connectivity index (χ1n) is 8.10. The van der Waals surface area contributed by atoms with Gasteiger partial charge in [-0.3, -0.25) is 4.79 Å². The van der Waals surface area contributed by atoms with E-state index in [1.807, 2.05) is 36.4 Å². The first kappa shape index (κ1) is 17.5. The number of anilines is 1. The fourth-order valence-corrected chi connectivity index (χ4v) is 2.48. The average Bonchev–Trinajstić information content (AvgIpc) is 3.15. The lowest BCUT2D eigenvalue weighted by molar-refractivity contribution is -0.116. The lowest BCUT2D eigenvalue weighted by Gasteiger charge is -2.09. The highest BCUT2D eigenvalue weighted by atomic mass is 16.5. The van der Waals surface area contributed by atoms with E-state index < -0.39 is 0 Å². The molecule has 0 saturated heterocycles. The van der Waals surface area contributed by atoms with Crippen LogP contribution in [0.4, 0.5) is 5.69 Å². The summed E-state index contributed by atoms with van der Waals surface area (Å²) in [5, 5.41) is 6.78. The highest BCUT2D eigenvalue weighted by Crippen LogP contribution is 2.27. The number of rotatable bonds is 7. The Kier molecular flexibility index (Phi) is 5.48. The number of amides is 1. The number of nitrogens with zero attached hydrogens (tertiary/aromatic N) is 2. The number of para-hydroxylation sites is 3. The van der Waals surface area contributed by atoms with Crippen LogP contribution in [0.25, 0.3) is 11.4 Å². The van der Waals surface area contributed by atoms with Crippen molar-refractivity contribution in [1.82, 2.24) is 10.1 Å². The van der Waals surface area contributed by atoms with Crippen molar-refractivity contribution in [2.75, 3.05) is 19.5 Å². The van der Waals surface area contributed by atoms with E-state index >= 15 is 0 Å². The molecule has 26 heavy (non-hydrogen) atoms. The topological polar surface area (TPSA) is 86.5 Å². The third kappa shape index (κ3) is 4.00. The fraction of sp³-hybridized carbons (Fsp3) is 0.211.